The van der Waals surface area contributed by atoms with Gasteiger partial charge in [-0.25, -0.2) is 0 Å². The number of halogens is 3. The first-order chi connectivity index (χ1) is 11.9. The molecule has 7 heteroatoms. The van der Waals surface area contributed by atoms with Crippen molar-refractivity contribution in [2.45, 2.75) is 13.3 Å². The number of carbonyl (C=O) groups is 2. The standard InChI is InChI=1S/C18H16Cl3NO3/c1-11(23)15-8-14(20)9-16(21)18(15)25-10-17(24)22-7-6-12-2-4-13(19)5-3-12/h2-5,8-9H,6-7,10H2,1H3,(H,22,24). The predicted molar refractivity (Wildman–Crippen MR) is 100 cm³/mol. The van der Waals surface area contributed by atoms with Crippen LogP contribution in [0.5, 0.6) is 5.75 Å². The Hall–Kier alpha value is -1.75. The maximum absolute atomic E-state index is 11.9. The monoisotopic (exact) mass is 399 g/mol. The number of carbonyl (C=O) groups excluding carboxylic acids is 2. The molecule has 0 saturated heterocycles. The lowest BCUT2D eigenvalue weighted by Crippen LogP contribution is -2.30. The second kappa shape index (κ2) is 9.09. The Labute approximate surface area is 161 Å². The summed E-state index contributed by atoms with van der Waals surface area (Å²) < 4.78 is 5.42. The van der Waals surface area contributed by atoms with Crippen molar-refractivity contribution < 1.29 is 14.3 Å². The third-order valence-corrected chi connectivity index (χ3v) is 4.14. The van der Waals surface area contributed by atoms with E-state index < -0.39 is 0 Å². The van der Waals surface area contributed by atoms with Gasteiger partial charge in [-0.1, -0.05) is 46.9 Å². The van der Waals surface area contributed by atoms with Crippen LogP contribution in [0.1, 0.15) is 22.8 Å². The summed E-state index contributed by atoms with van der Waals surface area (Å²) in [6, 6.07) is 10.3. The van der Waals surface area contributed by atoms with E-state index in [2.05, 4.69) is 5.32 Å². The molecule has 2 aromatic rings. The molecule has 0 fully saturated rings. The molecular formula is C18H16Cl3NO3. The smallest absolute Gasteiger partial charge is 0.257 e. The van der Waals surface area contributed by atoms with E-state index in [9.17, 15) is 9.59 Å². The van der Waals surface area contributed by atoms with Crippen molar-refractivity contribution >= 4 is 46.5 Å². The minimum absolute atomic E-state index is 0.159. The van der Waals surface area contributed by atoms with Gasteiger partial charge in [0.15, 0.2) is 12.4 Å². The number of hydrogen-bond donors (Lipinski definition) is 1. The Kier molecular flexibility index (Phi) is 7.12. The molecule has 0 bridgehead atoms. The second-order valence-electron chi connectivity index (χ2n) is 5.34. The predicted octanol–water partition coefficient (Wildman–Crippen LogP) is 4.59. The van der Waals surface area contributed by atoms with Crippen LogP contribution in [0.25, 0.3) is 0 Å². The first kappa shape index (κ1) is 19.6. The van der Waals surface area contributed by atoms with Crippen LogP contribution in [0.3, 0.4) is 0 Å². The quantitative estimate of drug-likeness (QED) is 0.692. The third-order valence-electron chi connectivity index (χ3n) is 3.38. The number of hydrogen-bond acceptors (Lipinski definition) is 3. The molecule has 25 heavy (non-hydrogen) atoms. The molecule has 1 N–H and O–H groups in total. The molecule has 0 saturated carbocycles. The van der Waals surface area contributed by atoms with Gasteiger partial charge in [-0.15, -0.1) is 0 Å². The lowest BCUT2D eigenvalue weighted by Gasteiger charge is -2.12. The van der Waals surface area contributed by atoms with Crippen LogP contribution < -0.4 is 10.1 Å². The summed E-state index contributed by atoms with van der Waals surface area (Å²) in [5, 5.41) is 3.93. The maximum Gasteiger partial charge on any atom is 0.257 e. The number of benzene rings is 2. The summed E-state index contributed by atoms with van der Waals surface area (Å²) in [5.74, 6) is -0.400. The Morgan fingerprint density at radius 2 is 1.72 bits per heavy atom. The third kappa shape index (κ3) is 5.92. The van der Waals surface area contributed by atoms with E-state index >= 15 is 0 Å². The lowest BCUT2D eigenvalue weighted by molar-refractivity contribution is -0.123. The van der Waals surface area contributed by atoms with Gasteiger partial charge in [0.2, 0.25) is 0 Å². The van der Waals surface area contributed by atoms with Crippen LogP contribution in [-0.2, 0) is 11.2 Å². The summed E-state index contributed by atoms with van der Waals surface area (Å²) in [7, 11) is 0. The van der Waals surface area contributed by atoms with Crippen molar-refractivity contribution in [1.82, 2.24) is 5.32 Å². The molecular weight excluding hydrogens is 385 g/mol. The highest BCUT2D eigenvalue weighted by Gasteiger charge is 2.15. The number of nitrogens with one attached hydrogen (secondary N) is 1. The van der Waals surface area contributed by atoms with Gasteiger partial charge in [-0.05, 0) is 43.2 Å². The lowest BCUT2D eigenvalue weighted by atomic mass is 10.1. The van der Waals surface area contributed by atoms with Crippen LogP contribution in [0, 0.1) is 0 Å². The van der Waals surface area contributed by atoms with Gasteiger partial charge in [-0.3, -0.25) is 9.59 Å². The largest absolute Gasteiger partial charge is 0.481 e. The van der Waals surface area contributed by atoms with Gasteiger partial charge < -0.3 is 10.1 Å². The minimum Gasteiger partial charge on any atom is -0.481 e. The molecule has 0 aliphatic carbocycles. The van der Waals surface area contributed by atoms with Crippen molar-refractivity contribution in [2.24, 2.45) is 0 Å². The normalized spacial score (nSPS) is 10.4. The van der Waals surface area contributed by atoms with Gasteiger partial charge in [0.25, 0.3) is 5.91 Å². The zero-order valence-corrected chi connectivity index (χ0v) is 15.7. The van der Waals surface area contributed by atoms with E-state index in [1.807, 2.05) is 12.1 Å². The highest BCUT2D eigenvalue weighted by Crippen LogP contribution is 2.32. The van der Waals surface area contributed by atoms with Crippen molar-refractivity contribution in [3.8, 4) is 5.75 Å². The van der Waals surface area contributed by atoms with Gasteiger partial charge in [0, 0.05) is 16.6 Å². The molecule has 1 amide bonds. The molecule has 2 rings (SSSR count). The molecule has 0 unspecified atom stereocenters. The fourth-order valence-electron chi connectivity index (χ4n) is 2.15. The average molecular weight is 401 g/mol. The molecule has 0 spiro atoms. The van der Waals surface area contributed by atoms with E-state index in [1.54, 1.807) is 12.1 Å². The highest BCUT2D eigenvalue weighted by atomic mass is 35.5. The van der Waals surface area contributed by atoms with E-state index in [0.29, 0.717) is 23.0 Å². The molecule has 0 aromatic heterocycles. The minimum atomic E-state index is -0.311. The topological polar surface area (TPSA) is 55.4 Å². The van der Waals surface area contributed by atoms with Crippen LogP contribution in [0.2, 0.25) is 15.1 Å². The van der Waals surface area contributed by atoms with Crippen molar-refractivity contribution in [2.75, 3.05) is 13.2 Å². The summed E-state index contributed by atoms with van der Waals surface area (Å²) in [6.07, 6.45) is 0.670. The van der Waals surface area contributed by atoms with E-state index in [0.717, 1.165) is 5.56 Å². The van der Waals surface area contributed by atoms with Crippen LogP contribution in [0.15, 0.2) is 36.4 Å². The highest BCUT2D eigenvalue weighted by molar-refractivity contribution is 6.36. The number of ketones is 1. The van der Waals surface area contributed by atoms with Crippen molar-refractivity contribution in [1.29, 1.82) is 0 Å². The Morgan fingerprint density at radius 3 is 2.36 bits per heavy atom. The van der Waals surface area contributed by atoms with Crippen LogP contribution >= 0.6 is 34.8 Å². The van der Waals surface area contributed by atoms with Crippen LogP contribution in [0.4, 0.5) is 0 Å². The summed E-state index contributed by atoms with van der Waals surface area (Å²) in [4.78, 5) is 23.6. The van der Waals surface area contributed by atoms with E-state index in [4.69, 9.17) is 39.5 Å². The average Bonchev–Trinajstić information content (AvgIpc) is 2.55. The van der Waals surface area contributed by atoms with Gasteiger partial charge in [0.05, 0.1) is 10.6 Å². The van der Waals surface area contributed by atoms with E-state index in [-0.39, 0.29) is 34.6 Å². The van der Waals surface area contributed by atoms with Crippen molar-refractivity contribution in [3.05, 3.63) is 62.6 Å². The summed E-state index contributed by atoms with van der Waals surface area (Å²) in [6.45, 7) is 1.58. The van der Waals surface area contributed by atoms with Gasteiger partial charge >= 0.3 is 0 Å². The number of amides is 1. The number of Topliss-reactive ketones (excluding diaryl/α,β-unsaturated/α-hetero) is 1. The number of rotatable bonds is 7. The van der Waals surface area contributed by atoms with Crippen molar-refractivity contribution in [3.63, 3.8) is 0 Å². The first-order valence-corrected chi connectivity index (χ1v) is 8.64. The molecule has 4 nitrogen and oxygen atoms in total. The summed E-state index contributed by atoms with van der Waals surface area (Å²) in [5.41, 5.74) is 1.30. The van der Waals surface area contributed by atoms with Crippen LogP contribution in [-0.4, -0.2) is 24.8 Å². The fraction of sp³-hybridized carbons (Fsp3) is 0.222. The zero-order chi connectivity index (χ0) is 18.4. The Balaban J connectivity index is 1.88. The Bertz CT molecular complexity index is 776. The Morgan fingerprint density at radius 1 is 1.04 bits per heavy atom. The summed E-state index contributed by atoms with van der Waals surface area (Å²) >= 11 is 17.8. The first-order valence-electron chi connectivity index (χ1n) is 7.50. The molecule has 0 atom stereocenters. The van der Waals surface area contributed by atoms with E-state index in [1.165, 1.54) is 19.1 Å². The molecule has 2 aromatic carbocycles. The number of ether oxygens (including phenoxy) is 1. The zero-order valence-electron chi connectivity index (χ0n) is 13.4. The van der Waals surface area contributed by atoms with Gasteiger partial charge in [-0.2, -0.15) is 0 Å². The second-order valence-corrected chi connectivity index (χ2v) is 6.62. The SMILES string of the molecule is CC(=O)c1cc(Cl)cc(Cl)c1OCC(=O)NCCc1ccc(Cl)cc1. The molecule has 132 valence electrons. The molecule has 0 radical (unpaired) electrons. The maximum atomic E-state index is 11.9. The van der Waals surface area contributed by atoms with Gasteiger partial charge in [0.1, 0.15) is 5.75 Å². The molecule has 0 aliphatic rings. The fourth-order valence-corrected chi connectivity index (χ4v) is 2.83. The molecule has 0 heterocycles. The molecule has 0 aliphatic heterocycles.